The Morgan fingerprint density at radius 1 is 0.487 bits per heavy atom. The Balaban J connectivity index is 1.02. The van der Waals surface area contributed by atoms with Gasteiger partial charge in [-0.3, -0.25) is 87.0 Å². The Morgan fingerprint density at radius 3 is 0.963 bits per heavy atom. The summed E-state index contributed by atoms with van der Waals surface area (Å²) in [6.45, 7) is -3.40. The second-order valence-corrected chi connectivity index (χ2v) is 19.7. The highest BCUT2D eigenvalue weighted by Crippen LogP contribution is 2.52. The topological polar surface area (TPSA) is 524 Å². The maximum Gasteiger partial charge on any atom is 0.475 e. The van der Waals surface area contributed by atoms with Gasteiger partial charge in [-0.1, -0.05) is 0 Å². The summed E-state index contributed by atoms with van der Waals surface area (Å²) in [6, 6.07) is 5.58. The van der Waals surface area contributed by atoms with Crippen molar-refractivity contribution >= 4 is 74.7 Å². The van der Waals surface area contributed by atoms with Crippen molar-refractivity contribution in [2.75, 3.05) is 56.9 Å². The monoisotopic (exact) mass is 1150 g/mol. The van der Waals surface area contributed by atoms with Crippen LogP contribution in [0.3, 0.4) is 0 Å². The third-order valence-corrected chi connectivity index (χ3v) is 14.9. The molecule has 9 rings (SSSR count). The van der Waals surface area contributed by atoms with E-state index in [1.54, 1.807) is 0 Å². The van der Waals surface area contributed by atoms with Crippen LogP contribution >= 0.6 is 7.82 Å². The SMILES string of the molecule is CNc1cc2c(cc1[N+](=O)[O-])c(=O)[nH]c(=O)n2[C@@H]1O[C@H](COP(=O)(OC[C@H]2O[C@@H](n3c(=O)[nH]c(=O)c4cc([N+](=O)[O-])c(NC)cc43)[C@H](O)[C@@H]2O)OC[C@H]2O[C@@H](n3c(=O)[nH]c(=O)c4cc([N+](=O)[O-])c(NC)cc43)[C@H](O)[C@@H]2O)[C@@H](O)[C@H]1O. The fourth-order valence-corrected chi connectivity index (χ4v) is 10.7. The third kappa shape index (κ3) is 9.79. The van der Waals surface area contributed by atoms with Crippen molar-refractivity contribution < 1.29 is 77.8 Å². The van der Waals surface area contributed by atoms with Gasteiger partial charge in [0.05, 0.1) is 67.3 Å². The second-order valence-electron chi connectivity index (χ2n) is 18.0. The van der Waals surface area contributed by atoms with Gasteiger partial charge >= 0.3 is 24.9 Å². The van der Waals surface area contributed by atoms with E-state index in [9.17, 15) is 94.3 Å². The molecule has 12 N–H and O–H groups in total. The number of ether oxygens (including phenoxy) is 3. The van der Waals surface area contributed by atoms with E-state index in [4.69, 9.17) is 27.8 Å². The number of aliphatic hydroxyl groups is 6. The number of hydrogen-bond donors (Lipinski definition) is 12. The fraction of sp³-hybridized carbons (Fsp3) is 0.429. The molecular formula is C42H45N12O25P. The molecule has 0 saturated carbocycles. The van der Waals surface area contributed by atoms with Crippen molar-refractivity contribution in [1.82, 2.24) is 28.7 Å². The molecule has 0 radical (unpaired) electrons. The van der Waals surface area contributed by atoms with Crippen molar-refractivity contribution in [2.45, 2.75) is 73.6 Å². The van der Waals surface area contributed by atoms with Crippen LogP contribution in [0.5, 0.6) is 0 Å². The number of benzene rings is 3. The minimum Gasteiger partial charge on any atom is -0.387 e. The number of nitrogens with one attached hydrogen (secondary N) is 6. The number of nitrogens with zero attached hydrogens (tertiary/aromatic N) is 6. The number of rotatable bonds is 18. The van der Waals surface area contributed by atoms with E-state index in [0.717, 1.165) is 36.4 Å². The molecule has 6 heterocycles. The third-order valence-electron chi connectivity index (χ3n) is 13.5. The molecule has 428 valence electrons. The number of aliphatic hydroxyl groups excluding tert-OH is 6. The molecule has 37 nitrogen and oxygen atoms in total. The van der Waals surface area contributed by atoms with Crippen LogP contribution in [-0.2, 0) is 32.3 Å². The molecule has 0 bridgehead atoms. The number of fused-ring (bicyclic) bond motifs is 3. The number of nitro groups is 3. The second kappa shape index (κ2) is 21.5. The van der Waals surface area contributed by atoms with Crippen molar-refractivity contribution in [3.05, 3.63) is 129 Å². The predicted octanol–water partition coefficient (Wildman–Crippen LogP) is -3.04. The van der Waals surface area contributed by atoms with Crippen LogP contribution in [0.4, 0.5) is 34.1 Å². The number of nitro benzene ring substituents is 3. The Kier molecular flexibility index (Phi) is 15.2. The average molecular weight is 1150 g/mol. The van der Waals surface area contributed by atoms with Gasteiger partial charge in [0.2, 0.25) is 0 Å². The summed E-state index contributed by atoms with van der Waals surface area (Å²) < 4.78 is 50.9. The highest BCUT2D eigenvalue weighted by Gasteiger charge is 2.50. The van der Waals surface area contributed by atoms with Gasteiger partial charge in [0, 0.05) is 39.3 Å². The Bertz CT molecular complexity index is 3560. The zero-order valence-electron chi connectivity index (χ0n) is 41.1. The zero-order chi connectivity index (χ0) is 58.1. The van der Waals surface area contributed by atoms with Crippen LogP contribution in [0.1, 0.15) is 18.7 Å². The molecule has 3 aliphatic heterocycles. The van der Waals surface area contributed by atoms with E-state index in [2.05, 4.69) is 16.0 Å². The zero-order valence-corrected chi connectivity index (χ0v) is 42.0. The van der Waals surface area contributed by atoms with E-state index in [1.807, 2.05) is 15.0 Å². The number of phosphoric acid groups is 1. The normalized spacial score (nSPS) is 25.9. The van der Waals surface area contributed by atoms with Gasteiger partial charge in [0.25, 0.3) is 33.7 Å². The molecule has 3 aromatic heterocycles. The molecule has 0 aliphatic carbocycles. The number of hydrogen-bond acceptors (Lipinski definition) is 28. The Hall–Kier alpha value is -8.17. The highest BCUT2D eigenvalue weighted by molar-refractivity contribution is 7.48. The Morgan fingerprint density at radius 2 is 0.738 bits per heavy atom. The number of phosphoric ester groups is 1. The van der Waals surface area contributed by atoms with E-state index >= 15 is 0 Å². The fourth-order valence-electron chi connectivity index (χ4n) is 9.53. The quantitative estimate of drug-likeness (QED) is 0.0231. The molecular weight excluding hydrogens is 1100 g/mol. The molecule has 6 aromatic rings. The Labute approximate surface area is 440 Å². The number of H-pyrrole nitrogens is 3. The van der Waals surface area contributed by atoms with Gasteiger partial charge in [-0.15, -0.1) is 0 Å². The van der Waals surface area contributed by atoms with Gasteiger partial charge in [-0.2, -0.15) is 0 Å². The summed E-state index contributed by atoms with van der Waals surface area (Å²) in [5.41, 5.74) is -10.3. The summed E-state index contributed by atoms with van der Waals surface area (Å²) in [4.78, 5) is 117. The van der Waals surface area contributed by atoms with Gasteiger partial charge in [0.1, 0.15) is 72.0 Å². The first-order valence-corrected chi connectivity index (χ1v) is 24.8. The molecule has 0 spiro atoms. The summed E-state index contributed by atoms with van der Waals surface area (Å²) in [5, 5.41) is 109. The van der Waals surface area contributed by atoms with E-state index in [-0.39, 0.29) is 33.6 Å². The van der Waals surface area contributed by atoms with Crippen LogP contribution in [0, 0.1) is 30.3 Å². The van der Waals surface area contributed by atoms with Crippen molar-refractivity contribution in [3.8, 4) is 0 Å². The van der Waals surface area contributed by atoms with Gasteiger partial charge in [0.15, 0.2) is 18.7 Å². The molecule has 12 atom stereocenters. The van der Waals surface area contributed by atoms with Crippen molar-refractivity contribution in [2.24, 2.45) is 0 Å². The summed E-state index contributed by atoms with van der Waals surface area (Å²) in [6.07, 6.45) is -23.7. The van der Waals surface area contributed by atoms with E-state index in [1.165, 1.54) is 21.1 Å². The largest absolute Gasteiger partial charge is 0.475 e. The van der Waals surface area contributed by atoms with E-state index in [0.29, 0.717) is 13.7 Å². The summed E-state index contributed by atoms with van der Waals surface area (Å²) in [5.74, 6) is 0. The van der Waals surface area contributed by atoms with Gasteiger partial charge < -0.3 is 60.8 Å². The number of anilines is 3. The summed E-state index contributed by atoms with van der Waals surface area (Å²) >= 11 is 0. The minimum absolute atomic E-state index is 0.198. The molecule has 3 fully saturated rings. The van der Waals surface area contributed by atoms with Crippen LogP contribution in [0.25, 0.3) is 32.7 Å². The lowest BCUT2D eigenvalue weighted by molar-refractivity contribution is -0.384. The van der Waals surface area contributed by atoms with Crippen LogP contribution in [-0.4, -0.2) is 170 Å². The first-order valence-electron chi connectivity index (χ1n) is 23.4. The molecule has 0 unspecified atom stereocenters. The van der Waals surface area contributed by atoms with Gasteiger partial charge in [-0.25, -0.2) is 18.9 Å². The standard InChI is InChI=1S/C42H45N12O25P/c1-43-16-7-19-13(4-22(16)52(67)68)34(61)46-40(64)49(19)37-31(58)28(55)25(77-37)10-74-80(73,75-11-26-29(56)32(59)38(78-26)50-20-8-17(44-2)23(53(69)70)5-14(20)35(62)47-41(50)65)76-12-27-30(57)33(60)39(79-27)51-21-9-18(45-3)24(54(71)72)6-15(21)36(63)48-42(51)66/h4-9,25-33,37-39,43-45,55-60H,10-12H2,1-3H3,(H,46,61,64)(H,47,62,65)(H,48,63,66)/t25-,26-,27-,28-,29-,30-,31-,32-,33-,37-,38-,39-/m1/s1. The number of aromatic nitrogens is 6. The lowest BCUT2D eigenvalue weighted by Crippen LogP contribution is -2.38. The minimum atomic E-state index is -5.42. The molecule has 3 saturated heterocycles. The highest BCUT2D eigenvalue weighted by atomic mass is 31.2. The average Bonchev–Trinajstić information content (AvgIpc) is 4.10. The van der Waals surface area contributed by atoms with Gasteiger partial charge in [-0.05, 0) is 18.2 Å². The van der Waals surface area contributed by atoms with E-state index < -0.39 is 183 Å². The molecule has 38 heteroatoms. The molecule has 0 amide bonds. The lowest BCUT2D eigenvalue weighted by atomic mass is 10.1. The van der Waals surface area contributed by atoms with Crippen LogP contribution in [0.2, 0.25) is 0 Å². The lowest BCUT2D eigenvalue weighted by Gasteiger charge is -2.24. The van der Waals surface area contributed by atoms with Crippen LogP contribution in [0.15, 0.2) is 65.2 Å². The summed E-state index contributed by atoms with van der Waals surface area (Å²) in [7, 11) is -1.53. The molecule has 80 heavy (non-hydrogen) atoms. The first-order chi connectivity index (χ1) is 37.8. The maximum atomic E-state index is 14.8. The first kappa shape index (κ1) is 56.5. The number of aromatic amines is 3. The molecule has 3 aromatic carbocycles. The predicted molar refractivity (Wildman–Crippen MR) is 268 cm³/mol. The smallest absolute Gasteiger partial charge is 0.387 e. The van der Waals surface area contributed by atoms with Crippen molar-refractivity contribution in [1.29, 1.82) is 0 Å². The van der Waals surface area contributed by atoms with Crippen molar-refractivity contribution in [3.63, 3.8) is 0 Å². The van der Waals surface area contributed by atoms with Crippen LogP contribution < -0.4 is 49.7 Å². The maximum absolute atomic E-state index is 14.8. The molecule has 3 aliphatic rings.